The van der Waals surface area contributed by atoms with Crippen LogP contribution in [0, 0.1) is 0 Å². The molecule has 0 aliphatic carbocycles. The molecule has 0 radical (unpaired) electrons. The molecule has 0 bridgehead atoms. The van der Waals surface area contributed by atoms with Crippen molar-refractivity contribution < 1.29 is 14.6 Å². The highest BCUT2D eigenvalue weighted by molar-refractivity contribution is 5.70. The lowest BCUT2D eigenvalue weighted by atomic mass is 9.78. The van der Waals surface area contributed by atoms with Crippen molar-refractivity contribution in [3.63, 3.8) is 0 Å². The number of rotatable bonds is 1. The van der Waals surface area contributed by atoms with Gasteiger partial charge in [-0.05, 0) is 39.7 Å². The van der Waals surface area contributed by atoms with Crippen molar-refractivity contribution in [2.75, 3.05) is 6.54 Å². The average Bonchev–Trinajstić information content (AvgIpc) is 2.73. The molecule has 1 saturated heterocycles. The molecule has 4 heteroatoms. The van der Waals surface area contributed by atoms with Crippen LogP contribution in [0.15, 0.2) is 12.1 Å². The minimum atomic E-state index is -0.386. The molecule has 1 aromatic rings. The predicted molar refractivity (Wildman–Crippen MR) is 82.7 cm³/mol. The van der Waals surface area contributed by atoms with E-state index in [-0.39, 0.29) is 23.0 Å². The first-order valence-corrected chi connectivity index (χ1v) is 7.32. The highest BCUT2D eigenvalue weighted by Gasteiger charge is 2.31. The number of amides is 1. The van der Waals surface area contributed by atoms with Gasteiger partial charge in [-0.1, -0.05) is 41.5 Å². The lowest BCUT2D eigenvalue weighted by molar-refractivity contribution is 0.141. The third-order valence-corrected chi connectivity index (χ3v) is 3.80. The van der Waals surface area contributed by atoms with E-state index in [1.165, 1.54) is 0 Å². The van der Waals surface area contributed by atoms with E-state index < -0.39 is 0 Å². The van der Waals surface area contributed by atoms with Crippen LogP contribution >= 0.6 is 0 Å². The highest BCUT2D eigenvalue weighted by Crippen LogP contribution is 2.41. The van der Waals surface area contributed by atoms with E-state index in [4.69, 9.17) is 4.74 Å². The zero-order valence-corrected chi connectivity index (χ0v) is 13.7. The average molecular weight is 291 g/mol. The molecule has 116 valence electrons. The van der Waals surface area contributed by atoms with Crippen LogP contribution in [0.3, 0.4) is 0 Å². The van der Waals surface area contributed by atoms with Crippen LogP contribution in [0.1, 0.15) is 64.3 Å². The lowest BCUT2D eigenvalue weighted by Gasteiger charge is -2.28. The molecule has 0 spiro atoms. The first kappa shape index (κ1) is 15.7. The van der Waals surface area contributed by atoms with Gasteiger partial charge in [0, 0.05) is 0 Å². The fourth-order valence-corrected chi connectivity index (χ4v) is 2.56. The van der Waals surface area contributed by atoms with Crippen LogP contribution in [-0.4, -0.2) is 17.7 Å². The minimum Gasteiger partial charge on any atom is -0.507 e. The summed E-state index contributed by atoms with van der Waals surface area (Å²) in [5.74, 6) is 0.344. The summed E-state index contributed by atoms with van der Waals surface area (Å²) in [7, 11) is 0. The number of benzene rings is 1. The van der Waals surface area contributed by atoms with Crippen molar-refractivity contribution in [1.82, 2.24) is 5.32 Å². The number of cyclic esters (lactones) is 1. The van der Waals surface area contributed by atoms with Crippen molar-refractivity contribution in [3.8, 4) is 5.75 Å². The number of hydrogen-bond donors (Lipinski definition) is 2. The summed E-state index contributed by atoms with van der Waals surface area (Å²) in [4.78, 5) is 11.3. The number of hydrogen-bond acceptors (Lipinski definition) is 3. The van der Waals surface area contributed by atoms with Gasteiger partial charge in [-0.25, -0.2) is 4.79 Å². The summed E-state index contributed by atoms with van der Waals surface area (Å²) in [6, 6.07) is 3.91. The van der Waals surface area contributed by atoms with Crippen LogP contribution in [0.25, 0.3) is 0 Å². The fourth-order valence-electron chi connectivity index (χ4n) is 2.56. The normalized spacial score (nSPS) is 19.3. The molecular weight excluding hydrogens is 266 g/mol. The monoisotopic (exact) mass is 291 g/mol. The van der Waals surface area contributed by atoms with Gasteiger partial charge in [0.2, 0.25) is 0 Å². The minimum absolute atomic E-state index is 0.184. The van der Waals surface area contributed by atoms with Crippen LogP contribution in [0.2, 0.25) is 0 Å². The molecule has 1 heterocycles. The lowest BCUT2D eigenvalue weighted by Crippen LogP contribution is -2.19. The van der Waals surface area contributed by atoms with Crippen molar-refractivity contribution in [2.24, 2.45) is 0 Å². The Morgan fingerprint density at radius 1 is 1.10 bits per heavy atom. The van der Waals surface area contributed by atoms with Gasteiger partial charge in [0.05, 0.1) is 6.54 Å². The van der Waals surface area contributed by atoms with E-state index in [9.17, 15) is 9.90 Å². The van der Waals surface area contributed by atoms with Crippen LogP contribution in [0.5, 0.6) is 5.75 Å². The number of carbonyl (C=O) groups is 1. The van der Waals surface area contributed by atoms with Crippen LogP contribution < -0.4 is 5.32 Å². The van der Waals surface area contributed by atoms with Crippen molar-refractivity contribution in [3.05, 3.63) is 28.8 Å². The zero-order valence-electron chi connectivity index (χ0n) is 13.7. The van der Waals surface area contributed by atoms with Crippen molar-refractivity contribution in [2.45, 2.75) is 58.5 Å². The molecule has 4 nitrogen and oxygen atoms in total. The molecule has 2 N–H and O–H groups in total. The zero-order chi connectivity index (χ0) is 16.0. The van der Waals surface area contributed by atoms with Gasteiger partial charge in [-0.2, -0.15) is 0 Å². The largest absolute Gasteiger partial charge is 0.507 e. The number of aromatic hydroxyl groups is 1. The Morgan fingerprint density at radius 2 is 1.57 bits per heavy atom. The van der Waals surface area contributed by atoms with Gasteiger partial charge < -0.3 is 15.2 Å². The second-order valence-corrected chi connectivity index (χ2v) is 7.74. The molecule has 2 rings (SSSR count). The number of nitrogens with one attached hydrogen (secondary N) is 1. The van der Waals surface area contributed by atoms with Crippen LogP contribution in [-0.2, 0) is 15.6 Å². The third-order valence-electron chi connectivity index (χ3n) is 3.80. The molecule has 1 aliphatic rings. The Kier molecular flexibility index (Phi) is 3.68. The summed E-state index contributed by atoms with van der Waals surface area (Å²) in [6.45, 7) is 12.9. The second-order valence-electron chi connectivity index (χ2n) is 7.74. The SMILES string of the molecule is CC(C)(C)c1cc(C2CNC(=O)O2)cc(C(C)(C)C)c1O. The summed E-state index contributed by atoms with van der Waals surface area (Å²) in [5.41, 5.74) is 2.33. The number of phenols is 1. The van der Waals surface area contributed by atoms with Crippen molar-refractivity contribution >= 4 is 6.09 Å². The molecule has 0 aromatic heterocycles. The van der Waals surface area contributed by atoms with Gasteiger partial charge in [0.15, 0.2) is 0 Å². The maximum absolute atomic E-state index is 11.3. The number of ether oxygens (including phenoxy) is 1. The van der Waals surface area contributed by atoms with Gasteiger partial charge in [-0.15, -0.1) is 0 Å². The second kappa shape index (κ2) is 4.93. The Labute approximate surface area is 126 Å². The van der Waals surface area contributed by atoms with E-state index in [0.29, 0.717) is 12.3 Å². The number of alkyl carbamates (subject to hydrolysis) is 1. The van der Waals surface area contributed by atoms with E-state index in [1.54, 1.807) is 0 Å². The van der Waals surface area contributed by atoms with Gasteiger partial charge in [0.25, 0.3) is 0 Å². The number of phenolic OH excluding ortho intramolecular Hbond substituents is 1. The molecule has 1 aromatic carbocycles. The smallest absolute Gasteiger partial charge is 0.407 e. The van der Waals surface area contributed by atoms with E-state index in [2.05, 4.69) is 46.9 Å². The predicted octanol–water partition coefficient (Wildman–Crippen LogP) is 3.77. The molecule has 1 aliphatic heterocycles. The maximum atomic E-state index is 11.3. The topological polar surface area (TPSA) is 58.6 Å². The Morgan fingerprint density at radius 3 is 1.90 bits per heavy atom. The Hall–Kier alpha value is -1.71. The quantitative estimate of drug-likeness (QED) is 0.828. The summed E-state index contributed by atoms with van der Waals surface area (Å²) < 4.78 is 5.29. The maximum Gasteiger partial charge on any atom is 0.407 e. The summed E-state index contributed by atoms with van der Waals surface area (Å²) in [5, 5.41) is 13.3. The number of carbonyl (C=O) groups excluding carboxylic acids is 1. The molecular formula is C17H25NO3. The Balaban J connectivity index is 2.59. The molecule has 1 atom stereocenters. The van der Waals surface area contributed by atoms with E-state index in [0.717, 1.165) is 16.7 Å². The van der Waals surface area contributed by atoms with Gasteiger partial charge in [0.1, 0.15) is 11.9 Å². The first-order valence-electron chi connectivity index (χ1n) is 7.32. The molecule has 1 fully saturated rings. The first-order chi connectivity index (χ1) is 9.50. The molecule has 21 heavy (non-hydrogen) atoms. The van der Waals surface area contributed by atoms with Gasteiger partial charge >= 0.3 is 6.09 Å². The summed E-state index contributed by atoms with van der Waals surface area (Å²) in [6.07, 6.45) is -0.678. The van der Waals surface area contributed by atoms with E-state index in [1.807, 2.05) is 12.1 Å². The molecule has 1 unspecified atom stereocenters. The van der Waals surface area contributed by atoms with Gasteiger partial charge in [-0.3, -0.25) is 0 Å². The molecule has 0 saturated carbocycles. The highest BCUT2D eigenvalue weighted by atomic mass is 16.6. The van der Waals surface area contributed by atoms with Crippen molar-refractivity contribution in [1.29, 1.82) is 0 Å². The molecule has 1 amide bonds. The standard InChI is InChI=1S/C17H25NO3/c1-16(2,3)11-7-10(13-9-18-15(20)21-13)8-12(14(11)19)17(4,5)6/h7-8,13,19H,9H2,1-6H3,(H,18,20). The Bertz CT molecular complexity index is 529. The summed E-state index contributed by atoms with van der Waals surface area (Å²) >= 11 is 0. The van der Waals surface area contributed by atoms with Crippen LogP contribution in [0.4, 0.5) is 4.79 Å². The fraction of sp³-hybridized carbons (Fsp3) is 0.588. The third kappa shape index (κ3) is 3.14. The van der Waals surface area contributed by atoms with E-state index >= 15 is 0 Å².